The molecule has 0 heterocycles. The van der Waals surface area contributed by atoms with Gasteiger partial charge in [0.15, 0.2) is 0 Å². The molecule has 0 amide bonds. The maximum absolute atomic E-state index is 5.58. The van der Waals surface area contributed by atoms with E-state index in [9.17, 15) is 0 Å². The summed E-state index contributed by atoms with van der Waals surface area (Å²) < 4.78 is 27.4. The first kappa shape index (κ1) is 20.2. The second-order valence-corrected chi connectivity index (χ2v) is 9.84. The summed E-state index contributed by atoms with van der Waals surface area (Å²) in [5, 5.41) is 3.63. The van der Waals surface area contributed by atoms with E-state index in [4.69, 9.17) is 22.8 Å². The molecule has 0 aliphatic carbocycles. The Bertz CT molecular complexity index is 232. The van der Waals surface area contributed by atoms with E-state index < -0.39 is 18.3 Å². The van der Waals surface area contributed by atoms with Crippen molar-refractivity contribution in [1.29, 1.82) is 0 Å². The van der Waals surface area contributed by atoms with Gasteiger partial charge in [-0.15, -0.1) is 0 Å². The van der Waals surface area contributed by atoms with Gasteiger partial charge >= 0.3 is 8.80 Å². The Hall–Kier alpha value is 0.194. The maximum Gasteiger partial charge on any atom is 0.517 e. The van der Waals surface area contributed by atoms with Crippen LogP contribution in [0.3, 0.4) is 0 Å². The molecular weight excluding hydrogens is 294 g/mol. The smallest absolute Gasteiger partial charge is 0.376 e. The lowest BCUT2D eigenvalue weighted by Gasteiger charge is -2.35. The second-order valence-electron chi connectivity index (χ2n) is 4.59. The molecule has 2 unspecified atom stereocenters. The highest BCUT2D eigenvalue weighted by atomic mass is 28.4. The molecule has 0 aromatic heterocycles. The van der Waals surface area contributed by atoms with Gasteiger partial charge in [-0.1, -0.05) is 13.8 Å². The van der Waals surface area contributed by atoms with Crippen LogP contribution in [0, 0.1) is 0 Å². The third-order valence-electron chi connectivity index (χ3n) is 3.62. The van der Waals surface area contributed by atoms with Crippen molar-refractivity contribution in [1.82, 2.24) is 5.32 Å². The summed E-state index contributed by atoms with van der Waals surface area (Å²) in [5.41, 5.74) is 0.464. The minimum absolute atomic E-state index is 0.0753. The lowest BCUT2D eigenvalue weighted by atomic mass is 10.4. The highest BCUT2D eigenvalue weighted by Crippen LogP contribution is 2.16. The molecular formula is C12H31NO5Si2. The van der Waals surface area contributed by atoms with Crippen molar-refractivity contribution in [2.45, 2.75) is 43.9 Å². The van der Waals surface area contributed by atoms with Gasteiger partial charge in [-0.2, -0.15) is 0 Å². The van der Waals surface area contributed by atoms with Gasteiger partial charge in [-0.25, -0.2) is 0 Å². The average Bonchev–Trinajstić information content (AvgIpc) is 2.51. The quantitative estimate of drug-likeness (QED) is 0.410. The van der Waals surface area contributed by atoms with Crippen molar-refractivity contribution >= 4 is 18.3 Å². The molecule has 8 heteroatoms. The van der Waals surface area contributed by atoms with E-state index >= 15 is 0 Å². The van der Waals surface area contributed by atoms with Crippen LogP contribution in [0.1, 0.15) is 26.7 Å². The highest BCUT2D eigenvalue weighted by Gasteiger charge is 2.47. The Kier molecular flexibility index (Phi) is 11.0. The number of hydrogen-bond donors (Lipinski definition) is 1. The summed E-state index contributed by atoms with van der Waals surface area (Å²) in [6, 6.07) is 0. The normalized spacial score (nSPS) is 16.2. The maximum atomic E-state index is 5.58. The number of ether oxygens (including phenoxy) is 2. The SMILES string of the molecule is CCC(NC(CC)[Si](OC)(OC)OC)[SiH2]C(OC)OC. The predicted octanol–water partition coefficient (Wildman–Crippen LogP) is 0.253. The van der Waals surface area contributed by atoms with Crippen molar-refractivity contribution in [3.63, 3.8) is 0 Å². The number of methoxy groups -OCH3 is 2. The van der Waals surface area contributed by atoms with E-state index in [1.807, 2.05) is 0 Å². The van der Waals surface area contributed by atoms with Gasteiger partial charge in [0.1, 0.15) is 15.4 Å². The van der Waals surface area contributed by atoms with Gasteiger partial charge in [0.05, 0.1) is 5.67 Å². The molecule has 20 heavy (non-hydrogen) atoms. The zero-order chi connectivity index (χ0) is 15.6. The van der Waals surface area contributed by atoms with E-state index in [0.29, 0.717) is 5.67 Å². The van der Waals surface area contributed by atoms with E-state index in [1.165, 1.54) is 0 Å². The lowest BCUT2D eigenvalue weighted by Crippen LogP contribution is -2.63. The van der Waals surface area contributed by atoms with Crippen LogP contribution >= 0.6 is 0 Å². The summed E-state index contributed by atoms with van der Waals surface area (Å²) in [5.74, 6) is -0.0753. The first-order chi connectivity index (χ1) is 9.57. The molecule has 122 valence electrons. The van der Waals surface area contributed by atoms with Crippen LogP contribution in [0.15, 0.2) is 0 Å². The van der Waals surface area contributed by atoms with E-state index in [-0.39, 0.29) is 11.6 Å². The van der Waals surface area contributed by atoms with Gasteiger partial charge < -0.3 is 28.1 Å². The molecule has 0 aromatic carbocycles. The largest absolute Gasteiger partial charge is 0.517 e. The molecule has 0 radical (unpaired) electrons. The molecule has 2 atom stereocenters. The number of nitrogens with one attached hydrogen (secondary N) is 1. The summed E-state index contributed by atoms with van der Waals surface area (Å²) in [7, 11) is 5.05. The molecule has 0 spiro atoms. The molecule has 1 N–H and O–H groups in total. The fourth-order valence-electron chi connectivity index (χ4n) is 2.30. The van der Waals surface area contributed by atoms with Crippen LogP contribution < -0.4 is 5.32 Å². The molecule has 0 aromatic rings. The number of rotatable bonds is 12. The summed E-state index contributed by atoms with van der Waals surface area (Å²) in [6.07, 6.45) is 1.91. The third-order valence-corrected chi connectivity index (χ3v) is 9.19. The van der Waals surface area contributed by atoms with Crippen LogP contribution in [0.25, 0.3) is 0 Å². The Balaban J connectivity index is 4.80. The van der Waals surface area contributed by atoms with Crippen LogP contribution in [-0.4, -0.2) is 71.1 Å². The lowest BCUT2D eigenvalue weighted by molar-refractivity contribution is -0.0451. The average molecular weight is 326 g/mol. The van der Waals surface area contributed by atoms with Crippen LogP contribution in [-0.2, 0) is 22.8 Å². The second kappa shape index (κ2) is 10.9. The van der Waals surface area contributed by atoms with Gasteiger partial charge in [0, 0.05) is 35.5 Å². The Labute approximate surface area is 126 Å². The van der Waals surface area contributed by atoms with Crippen molar-refractivity contribution in [2.75, 3.05) is 35.5 Å². The summed E-state index contributed by atoms with van der Waals surface area (Å²) in [6.45, 7) is 4.27. The third kappa shape index (κ3) is 5.53. The predicted molar refractivity (Wildman–Crippen MR) is 84.4 cm³/mol. The van der Waals surface area contributed by atoms with Crippen molar-refractivity contribution in [3.05, 3.63) is 0 Å². The zero-order valence-electron chi connectivity index (χ0n) is 13.9. The van der Waals surface area contributed by atoms with Crippen LogP contribution in [0.4, 0.5) is 0 Å². The summed E-state index contributed by atoms with van der Waals surface area (Å²) >= 11 is 0. The molecule has 0 bridgehead atoms. The zero-order valence-corrected chi connectivity index (χ0v) is 16.3. The van der Waals surface area contributed by atoms with Crippen molar-refractivity contribution < 1.29 is 22.8 Å². The Morgan fingerprint density at radius 3 is 1.70 bits per heavy atom. The minimum Gasteiger partial charge on any atom is -0.376 e. The first-order valence-electron chi connectivity index (χ1n) is 7.04. The highest BCUT2D eigenvalue weighted by molar-refractivity contribution is 6.62. The topological polar surface area (TPSA) is 58.2 Å². The Morgan fingerprint density at radius 1 is 0.900 bits per heavy atom. The van der Waals surface area contributed by atoms with Gasteiger partial charge in [-0.05, 0) is 18.5 Å². The molecule has 0 aliphatic rings. The van der Waals surface area contributed by atoms with Crippen molar-refractivity contribution in [3.8, 4) is 0 Å². The Morgan fingerprint density at radius 2 is 1.40 bits per heavy atom. The molecule has 0 fully saturated rings. The standard InChI is InChI=1S/C12H31NO5Si2/c1-8-10(19-12(14-3)15-4)13-11(9-2)20(16-5,17-6)18-7/h10-13H,8-9,19H2,1-7H3. The monoisotopic (exact) mass is 325 g/mol. The van der Waals surface area contributed by atoms with Gasteiger partial charge in [-0.3, -0.25) is 0 Å². The molecule has 0 saturated carbocycles. The molecule has 6 nitrogen and oxygen atoms in total. The van der Waals surface area contributed by atoms with Crippen LogP contribution in [0.2, 0.25) is 0 Å². The van der Waals surface area contributed by atoms with E-state index in [1.54, 1.807) is 35.5 Å². The molecule has 0 aliphatic heterocycles. The van der Waals surface area contributed by atoms with Crippen molar-refractivity contribution in [2.24, 2.45) is 0 Å². The fraction of sp³-hybridized carbons (Fsp3) is 1.00. The molecule has 0 saturated heterocycles. The number of hydrogen-bond acceptors (Lipinski definition) is 6. The first-order valence-corrected chi connectivity index (χ1v) is 10.5. The van der Waals surface area contributed by atoms with E-state index in [2.05, 4.69) is 19.2 Å². The summed E-state index contributed by atoms with van der Waals surface area (Å²) in [4.78, 5) is 0. The van der Waals surface area contributed by atoms with Gasteiger partial charge in [0.25, 0.3) is 0 Å². The fourth-order valence-corrected chi connectivity index (χ4v) is 6.44. The van der Waals surface area contributed by atoms with E-state index in [0.717, 1.165) is 12.8 Å². The van der Waals surface area contributed by atoms with Gasteiger partial charge in [0.2, 0.25) is 0 Å². The molecule has 0 rings (SSSR count). The van der Waals surface area contributed by atoms with Crippen LogP contribution in [0.5, 0.6) is 0 Å². The minimum atomic E-state index is -2.67.